The minimum absolute atomic E-state index is 0.134. The molecule has 0 saturated heterocycles. The molecule has 0 bridgehead atoms. The zero-order chi connectivity index (χ0) is 13.6. The van der Waals surface area contributed by atoms with Gasteiger partial charge in [0, 0.05) is 12.1 Å². The molecule has 1 fully saturated rings. The first kappa shape index (κ1) is 11.7. The molecule has 2 aromatic heterocycles. The van der Waals surface area contributed by atoms with Gasteiger partial charge in [0.05, 0.1) is 18.5 Å². The van der Waals surface area contributed by atoms with E-state index < -0.39 is 17.9 Å². The Kier molecular flexibility index (Phi) is 2.51. The molecule has 2 heterocycles. The third kappa shape index (κ3) is 1.76. The summed E-state index contributed by atoms with van der Waals surface area (Å²) >= 11 is 0. The van der Waals surface area contributed by atoms with E-state index in [1.54, 1.807) is 22.7 Å². The number of hydrogen-bond acceptors (Lipinski definition) is 4. The molecule has 19 heavy (non-hydrogen) atoms. The maximum atomic E-state index is 11.7. The van der Waals surface area contributed by atoms with Gasteiger partial charge in [-0.05, 0) is 18.6 Å². The lowest BCUT2D eigenvalue weighted by molar-refractivity contribution is -0.138. The van der Waals surface area contributed by atoms with Crippen LogP contribution in [0.3, 0.4) is 0 Å². The number of carbonyl (C=O) groups is 2. The standard InChI is InChI=1S/C13H12N2O4/c1-19-13(18)10-9-4-2-3-5-15(9)11(14-10)7-6-8(7)12(16)17/h2-5,7-8H,6H2,1H3,(H,16,17). The van der Waals surface area contributed by atoms with Crippen LogP contribution < -0.4 is 0 Å². The highest BCUT2D eigenvalue weighted by Crippen LogP contribution is 2.47. The number of carbonyl (C=O) groups excluding carboxylic acids is 1. The summed E-state index contributed by atoms with van der Waals surface area (Å²) in [5.74, 6) is -1.26. The van der Waals surface area contributed by atoms with E-state index in [0.717, 1.165) is 0 Å². The fourth-order valence-corrected chi connectivity index (χ4v) is 2.32. The van der Waals surface area contributed by atoms with E-state index >= 15 is 0 Å². The van der Waals surface area contributed by atoms with Crippen molar-refractivity contribution in [2.75, 3.05) is 7.11 Å². The van der Waals surface area contributed by atoms with Crippen LogP contribution >= 0.6 is 0 Å². The van der Waals surface area contributed by atoms with E-state index in [0.29, 0.717) is 17.8 Å². The zero-order valence-corrected chi connectivity index (χ0v) is 10.2. The Bertz CT molecular complexity index is 676. The second-order valence-corrected chi connectivity index (χ2v) is 4.55. The minimum atomic E-state index is -0.822. The van der Waals surface area contributed by atoms with E-state index in [4.69, 9.17) is 9.84 Å². The highest BCUT2D eigenvalue weighted by molar-refractivity contribution is 5.95. The summed E-state index contributed by atoms with van der Waals surface area (Å²) < 4.78 is 6.46. The monoisotopic (exact) mass is 260 g/mol. The molecule has 6 nitrogen and oxygen atoms in total. The highest BCUT2D eigenvalue weighted by atomic mass is 16.5. The Morgan fingerprint density at radius 3 is 2.89 bits per heavy atom. The Morgan fingerprint density at radius 1 is 1.47 bits per heavy atom. The molecule has 2 aromatic rings. The SMILES string of the molecule is COC(=O)c1nc(C2CC2C(=O)O)n2ccccc12. The van der Waals surface area contributed by atoms with Crippen LogP contribution in [0.25, 0.3) is 5.52 Å². The molecule has 0 amide bonds. The number of rotatable bonds is 3. The van der Waals surface area contributed by atoms with Gasteiger partial charge in [0.2, 0.25) is 0 Å². The number of fused-ring (bicyclic) bond motifs is 1. The van der Waals surface area contributed by atoms with Crippen molar-refractivity contribution < 1.29 is 19.4 Å². The van der Waals surface area contributed by atoms with Crippen LogP contribution in [-0.2, 0) is 9.53 Å². The predicted molar refractivity (Wildman–Crippen MR) is 65.0 cm³/mol. The first-order valence-corrected chi connectivity index (χ1v) is 5.91. The smallest absolute Gasteiger partial charge is 0.358 e. The third-order valence-electron chi connectivity index (χ3n) is 3.39. The summed E-state index contributed by atoms with van der Waals surface area (Å²) in [6.45, 7) is 0. The summed E-state index contributed by atoms with van der Waals surface area (Å²) in [7, 11) is 1.30. The van der Waals surface area contributed by atoms with Crippen LogP contribution in [0.4, 0.5) is 0 Å². The Balaban J connectivity index is 2.11. The maximum Gasteiger partial charge on any atom is 0.358 e. The van der Waals surface area contributed by atoms with Crippen LogP contribution in [0.5, 0.6) is 0 Å². The van der Waals surface area contributed by atoms with Gasteiger partial charge in [-0.15, -0.1) is 0 Å². The molecule has 3 rings (SSSR count). The number of carboxylic acid groups (broad SMARTS) is 1. The normalized spacial score (nSPS) is 21.3. The number of methoxy groups -OCH3 is 1. The summed E-state index contributed by atoms with van der Waals surface area (Å²) in [6, 6.07) is 5.38. The molecule has 0 aliphatic heterocycles. The number of imidazole rings is 1. The Labute approximate surface area is 108 Å². The zero-order valence-electron chi connectivity index (χ0n) is 10.2. The van der Waals surface area contributed by atoms with Gasteiger partial charge in [-0.2, -0.15) is 0 Å². The largest absolute Gasteiger partial charge is 0.481 e. The van der Waals surface area contributed by atoms with Crippen molar-refractivity contribution in [1.29, 1.82) is 0 Å². The minimum Gasteiger partial charge on any atom is -0.481 e. The molecule has 1 aliphatic rings. The molecule has 6 heteroatoms. The van der Waals surface area contributed by atoms with Crippen molar-refractivity contribution in [3.8, 4) is 0 Å². The van der Waals surface area contributed by atoms with Crippen molar-refractivity contribution in [1.82, 2.24) is 9.38 Å². The average molecular weight is 260 g/mol. The number of esters is 1. The van der Waals surface area contributed by atoms with Crippen LogP contribution in [0.1, 0.15) is 28.7 Å². The summed E-state index contributed by atoms with van der Waals surface area (Å²) in [5.41, 5.74) is 0.870. The van der Waals surface area contributed by atoms with E-state index in [-0.39, 0.29) is 11.6 Å². The summed E-state index contributed by atoms with van der Waals surface area (Å²) in [4.78, 5) is 26.9. The van der Waals surface area contributed by atoms with Gasteiger partial charge in [-0.1, -0.05) is 6.07 Å². The first-order chi connectivity index (χ1) is 9.13. The van der Waals surface area contributed by atoms with E-state index in [9.17, 15) is 9.59 Å². The lowest BCUT2D eigenvalue weighted by atomic mass is 10.3. The highest BCUT2D eigenvalue weighted by Gasteiger charge is 2.47. The Hall–Kier alpha value is -2.37. The van der Waals surface area contributed by atoms with Gasteiger partial charge >= 0.3 is 11.9 Å². The second kappa shape index (κ2) is 4.08. The molecular formula is C13H12N2O4. The van der Waals surface area contributed by atoms with Crippen molar-refractivity contribution in [3.63, 3.8) is 0 Å². The lowest BCUT2D eigenvalue weighted by Crippen LogP contribution is -2.03. The van der Waals surface area contributed by atoms with Gasteiger partial charge in [0.1, 0.15) is 5.82 Å². The number of aliphatic carboxylic acids is 1. The van der Waals surface area contributed by atoms with Gasteiger partial charge in [0.15, 0.2) is 5.69 Å². The van der Waals surface area contributed by atoms with Gasteiger partial charge in [-0.3, -0.25) is 4.79 Å². The summed E-state index contributed by atoms with van der Waals surface area (Å²) in [5, 5.41) is 8.99. The van der Waals surface area contributed by atoms with Crippen molar-refractivity contribution in [2.45, 2.75) is 12.3 Å². The van der Waals surface area contributed by atoms with Crippen LogP contribution in [0.15, 0.2) is 24.4 Å². The molecule has 0 spiro atoms. The van der Waals surface area contributed by atoms with Gasteiger partial charge in [-0.25, -0.2) is 9.78 Å². The average Bonchev–Trinajstić information content (AvgIpc) is 3.13. The molecule has 1 N–H and O–H groups in total. The quantitative estimate of drug-likeness (QED) is 0.841. The number of pyridine rings is 1. The Morgan fingerprint density at radius 2 is 2.26 bits per heavy atom. The van der Waals surface area contributed by atoms with Gasteiger partial charge < -0.3 is 14.2 Å². The number of aromatic nitrogens is 2. The van der Waals surface area contributed by atoms with Crippen molar-refractivity contribution >= 4 is 17.5 Å². The number of nitrogens with zero attached hydrogens (tertiary/aromatic N) is 2. The van der Waals surface area contributed by atoms with Gasteiger partial charge in [0.25, 0.3) is 0 Å². The van der Waals surface area contributed by atoms with E-state index in [2.05, 4.69) is 4.98 Å². The molecule has 0 radical (unpaired) electrons. The van der Waals surface area contributed by atoms with Crippen LogP contribution in [-0.4, -0.2) is 33.5 Å². The molecule has 1 saturated carbocycles. The molecular weight excluding hydrogens is 248 g/mol. The number of carboxylic acids is 1. The first-order valence-electron chi connectivity index (χ1n) is 5.91. The second-order valence-electron chi connectivity index (χ2n) is 4.55. The fraction of sp³-hybridized carbons (Fsp3) is 0.308. The molecule has 2 unspecified atom stereocenters. The number of hydrogen-bond donors (Lipinski definition) is 1. The van der Waals surface area contributed by atoms with Crippen molar-refractivity contribution in [2.24, 2.45) is 5.92 Å². The van der Waals surface area contributed by atoms with Crippen LogP contribution in [0.2, 0.25) is 0 Å². The topological polar surface area (TPSA) is 80.9 Å². The van der Waals surface area contributed by atoms with E-state index in [1.807, 2.05) is 6.07 Å². The predicted octanol–water partition coefficient (Wildman–Crippen LogP) is 1.31. The molecule has 2 atom stereocenters. The lowest BCUT2D eigenvalue weighted by Gasteiger charge is -1.98. The fourth-order valence-electron chi connectivity index (χ4n) is 2.32. The molecule has 1 aliphatic carbocycles. The third-order valence-corrected chi connectivity index (χ3v) is 3.39. The van der Waals surface area contributed by atoms with Crippen molar-refractivity contribution in [3.05, 3.63) is 35.9 Å². The summed E-state index contributed by atoms with van der Waals surface area (Å²) in [6.07, 6.45) is 2.34. The number of ether oxygens (including phenoxy) is 1. The molecule has 98 valence electrons. The maximum absolute atomic E-state index is 11.7. The molecule has 0 aromatic carbocycles. The van der Waals surface area contributed by atoms with E-state index in [1.165, 1.54) is 7.11 Å². The van der Waals surface area contributed by atoms with Crippen LogP contribution in [0, 0.1) is 5.92 Å².